The highest BCUT2D eigenvalue weighted by Crippen LogP contribution is 2.33. The maximum atomic E-state index is 12.4. The van der Waals surface area contributed by atoms with Crippen LogP contribution in [0.5, 0.6) is 0 Å². The molecule has 0 fully saturated rings. The number of nitrogens with one attached hydrogen (secondary N) is 1. The Balaban J connectivity index is 2.90. The van der Waals surface area contributed by atoms with Crippen LogP contribution in [0.3, 0.4) is 0 Å². The Morgan fingerprint density at radius 2 is 2.25 bits per heavy atom. The second-order valence-corrected chi connectivity index (χ2v) is 4.11. The summed E-state index contributed by atoms with van der Waals surface area (Å²) in [6.07, 6.45) is -4.41. The van der Waals surface area contributed by atoms with Gasteiger partial charge in [0.1, 0.15) is 5.25 Å². The molecule has 9 heteroatoms. The second-order valence-electron chi connectivity index (χ2n) is 2.94. The topological polar surface area (TPSA) is 76.7 Å². The number of nitrogens with two attached hydrogens (primary N) is 1. The van der Waals surface area contributed by atoms with Crippen LogP contribution >= 0.6 is 11.8 Å². The van der Waals surface area contributed by atoms with Crippen LogP contribution in [0.1, 0.15) is 6.92 Å². The molecular weight excluding hydrogens is 245 g/mol. The number of nitrogens with zero attached hydrogens (tertiary/aromatic N) is 2. The number of halogens is 3. The average molecular weight is 256 g/mol. The fourth-order valence-corrected chi connectivity index (χ4v) is 1.97. The molecule has 0 saturated carbocycles. The molecule has 1 unspecified atom stereocenters. The minimum absolute atomic E-state index is 0.000255. The van der Waals surface area contributed by atoms with Crippen molar-refractivity contribution in [3.05, 3.63) is 10.5 Å². The number of thioether (sulfide) groups is 1. The van der Waals surface area contributed by atoms with Crippen molar-refractivity contribution < 1.29 is 13.2 Å². The van der Waals surface area contributed by atoms with Gasteiger partial charge in [-0.3, -0.25) is 4.57 Å². The summed E-state index contributed by atoms with van der Waals surface area (Å²) in [4.78, 5) is 11.1. The molecule has 1 heterocycles. The highest BCUT2D eigenvalue weighted by Gasteiger charge is 2.40. The van der Waals surface area contributed by atoms with Crippen LogP contribution in [0.4, 0.5) is 13.2 Å². The third kappa shape index (κ3) is 2.79. The molecule has 92 valence electrons. The standard InChI is InChI=1S/C7H11F3N4OS/c1-2-14-5(15)12-13-6(14)16-4(3-11)7(8,9)10/h4H,2-3,11H2,1H3,(H,12,15). The number of rotatable bonds is 4. The normalized spacial score (nSPS) is 14.1. The second kappa shape index (κ2) is 4.91. The lowest BCUT2D eigenvalue weighted by Gasteiger charge is -2.16. The van der Waals surface area contributed by atoms with Crippen LogP contribution in [0.15, 0.2) is 9.95 Å². The first-order chi connectivity index (χ1) is 7.40. The number of hydrogen-bond acceptors (Lipinski definition) is 4. The average Bonchev–Trinajstić information content (AvgIpc) is 2.53. The quantitative estimate of drug-likeness (QED) is 0.772. The van der Waals surface area contributed by atoms with Crippen molar-refractivity contribution in [2.24, 2.45) is 5.73 Å². The lowest BCUT2D eigenvalue weighted by molar-refractivity contribution is -0.126. The van der Waals surface area contributed by atoms with Crippen molar-refractivity contribution in [2.75, 3.05) is 6.54 Å². The van der Waals surface area contributed by atoms with Crippen LogP contribution in [-0.2, 0) is 6.54 Å². The molecule has 0 aliphatic heterocycles. The Labute approximate surface area is 93.2 Å². The zero-order chi connectivity index (χ0) is 12.3. The van der Waals surface area contributed by atoms with Crippen molar-refractivity contribution in [3.8, 4) is 0 Å². The number of aromatic nitrogens is 3. The zero-order valence-corrected chi connectivity index (χ0v) is 9.23. The summed E-state index contributed by atoms with van der Waals surface area (Å²) in [5, 5.41) is 3.86. The summed E-state index contributed by atoms with van der Waals surface area (Å²) >= 11 is 0.438. The Morgan fingerprint density at radius 1 is 1.62 bits per heavy atom. The molecule has 0 aliphatic rings. The molecule has 1 aromatic heterocycles. The first-order valence-corrected chi connectivity index (χ1v) is 5.36. The minimum atomic E-state index is -4.41. The highest BCUT2D eigenvalue weighted by molar-refractivity contribution is 7.99. The van der Waals surface area contributed by atoms with Crippen LogP contribution in [0.25, 0.3) is 0 Å². The van der Waals surface area contributed by atoms with E-state index in [0.29, 0.717) is 11.8 Å². The molecule has 0 amide bonds. The van der Waals surface area contributed by atoms with Gasteiger partial charge in [-0.25, -0.2) is 9.89 Å². The lowest BCUT2D eigenvalue weighted by Crippen LogP contribution is -2.33. The molecule has 0 bridgehead atoms. The van der Waals surface area contributed by atoms with Crippen molar-refractivity contribution in [2.45, 2.75) is 30.1 Å². The molecule has 5 nitrogen and oxygen atoms in total. The van der Waals surface area contributed by atoms with Crippen LogP contribution in [0, 0.1) is 0 Å². The fourth-order valence-electron chi connectivity index (χ4n) is 1.05. The minimum Gasteiger partial charge on any atom is -0.329 e. The number of hydrogen-bond donors (Lipinski definition) is 2. The van der Waals surface area contributed by atoms with E-state index in [1.54, 1.807) is 6.92 Å². The third-order valence-corrected chi connectivity index (χ3v) is 3.13. The molecule has 0 aliphatic carbocycles. The summed E-state index contributed by atoms with van der Waals surface area (Å²) in [7, 11) is 0. The van der Waals surface area contributed by atoms with Gasteiger partial charge in [-0.1, -0.05) is 11.8 Å². The molecular formula is C7H11F3N4OS. The first-order valence-electron chi connectivity index (χ1n) is 4.48. The van der Waals surface area contributed by atoms with Crippen LogP contribution in [-0.4, -0.2) is 32.7 Å². The smallest absolute Gasteiger partial charge is 0.329 e. The number of alkyl halides is 3. The zero-order valence-electron chi connectivity index (χ0n) is 8.41. The maximum Gasteiger partial charge on any atom is 0.402 e. The molecule has 0 aromatic carbocycles. The largest absolute Gasteiger partial charge is 0.402 e. The van der Waals surface area contributed by atoms with Crippen molar-refractivity contribution in [1.29, 1.82) is 0 Å². The summed E-state index contributed by atoms with van der Waals surface area (Å²) in [5.41, 5.74) is 4.51. The molecule has 0 saturated heterocycles. The van der Waals surface area contributed by atoms with E-state index in [4.69, 9.17) is 5.73 Å². The van der Waals surface area contributed by atoms with Gasteiger partial charge in [0, 0.05) is 13.1 Å². The summed E-state index contributed by atoms with van der Waals surface area (Å²) in [6, 6.07) is 0. The van der Waals surface area contributed by atoms with E-state index in [-0.39, 0.29) is 11.7 Å². The molecule has 0 radical (unpaired) electrons. The number of H-pyrrole nitrogens is 1. The molecule has 16 heavy (non-hydrogen) atoms. The predicted octanol–water partition coefficient (Wildman–Crippen LogP) is 0.573. The maximum absolute atomic E-state index is 12.4. The molecule has 1 rings (SSSR count). The van der Waals surface area contributed by atoms with Gasteiger partial charge in [0.15, 0.2) is 5.16 Å². The van der Waals surface area contributed by atoms with E-state index in [0.717, 1.165) is 4.57 Å². The molecule has 1 atom stereocenters. The van der Waals surface area contributed by atoms with E-state index >= 15 is 0 Å². The van der Waals surface area contributed by atoms with Gasteiger partial charge < -0.3 is 5.73 Å². The fraction of sp³-hybridized carbons (Fsp3) is 0.714. The molecule has 3 N–H and O–H groups in total. The lowest BCUT2D eigenvalue weighted by atomic mass is 10.4. The Bertz CT molecular complexity index is 399. The number of aromatic amines is 1. The van der Waals surface area contributed by atoms with E-state index in [1.165, 1.54) is 0 Å². The van der Waals surface area contributed by atoms with Crippen LogP contribution < -0.4 is 11.4 Å². The van der Waals surface area contributed by atoms with Crippen LogP contribution in [0.2, 0.25) is 0 Å². The Morgan fingerprint density at radius 3 is 2.69 bits per heavy atom. The summed E-state index contributed by atoms with van der Waals surface area (Å²) < 4.78 is 38.4. The van der Waals surface area contributed by atoms with Gasteiger partial charge in [0.05, 0.1) is 0 Å². The van der Waals surface area contributed by atoms with E-state index < -0.39 is 23.7 Å². The SMILES string of the molecule is CCn1c(SC(CN)C(F)(F)F)n[nH]c1=O. The van der Waals surface area contributed by atoms with Gasteiger partial charge in [0.2, 0.25) is 0 Å². The third-order valence-electron chi connectivity index (χ3n) is 1.87. The molecule has 0 spiro atoms. The van der Waals surface area contributed by atoms with Gasteiger partial charge in [-0.15, -0.1) is 5.10 Å². The van der Waals surface area contributed by atoms with E-state index in [2.05, 4.69) is 10.2 Å². The Hall–Kier alpha value is -0.960. The Kier molecular flexibility index (Phi) is 4.03. The van der Waals surface area contributed by atoms with E-state index in [9.17, 15) is 18.0 Å². The predicted molar refractivity (Wildman–Crippen MR) is 53.3 cm³/mol. The van der Waals surface area contributed by atoms with Crippen molar-refractivity contribution in [3.63, 3.8) is 0 Å². The van der Waals surface area contributed by atoms with Gasteiger partial charge in [-0.2, -0.15) is 13.2 Å². The van der Waals surface area contributed by atoms with Gasteiger partial charge >= 0.3 is 11.9 Å². The van der Waals surface area contributed by atoms with Crippen molar-refractivity contribution in [1.82, 2.24) is 14.8 Å². The molecule has 1 aromatic rings. The van der Waals surface area contributed by atoms with Crippen molar-refractivity contribution >= 4 is 11.8 Å². The summed E-state index contributed by atoms with van der Waals surface area (Å²) in [5.74, 6) is 0. The van der Waals surface area contributed by atoms with Gasteiger partial charge in [-0.05, 0) is 6.92 Å². The van der Waals surface area contributed by atoms with E-state index in [1.807, 2.05) is 0 Å². The van der Waals surface area contributed by atoms with Gasteiger partial charge in [0.25, 0.3) is 0 Å². The monoisotopic (exact) mass is 256 g/mol. The first kappa shape index (κ1) is 13.1. The summed E-state index contributed by atoms with van der Waals surface area (Å²) in [6.45, 7) is 1.35. The highest BCUT2D eigenvalue weighted by atomic mass is 32.2.